The molecule has 1 amide bonds. The standard InChI is InChI=1S/C20H27N3O3/c1-3-4-5-6-10-22(20(24)23-11-9-21-15-23)14-18-13-16-12-17(25-2)7-8-19(16)26-18/h7-9,11-12,15,18H,3-6,10,13-14H2,1-2H3. The van der Waals surface area contributed by atoms with E-state index in [-0.39, 0.29) is 12.1 Å². The van der Waals surface area contributed by atoms with Crippen LogP contribution in [-0.2, 0) is 6.42 Å². The first-order valence-electron chi connectivity index (χ1n) is 9.32. The first-order chi connectivity index (χ1) is 12.7. The van der Waals surface area contributed by atoms with Gasteiger partial charge >= 0.3 is 6.03 Å². The zero-order valence-electron chi connectivity index (χ0n) is 15.6. The summed E-state index contributed by atoms with van der Waals surface area (Å²) in [7, 11) is 1.66. The van der Waals surface area contributed by atoms with Crippen LogP contribution >= 0.6 is 0 Å². The lowest BCUT2D eigenvalue weighted by Crippen LogP contribution is -2.41. The molecular formula is C20H27N3O3. The maximum absolute atomic E-state index is 12.8. The number of carbonyl (C=O) groups is 1. The van der Waals surface area contributed by atoms with Gasteiger partial charge in [-0.1, -0.05) is 26.2 Å². The number of benzene rings is 1. The Kier molecular flexibility index (Phi) is 6.15. The Balaban J connectivity index is 1.64. The van der Waals surface area contributed by atoms with E-state index in [9.17, 15) is 4.79 Å². The zero-order chi connectivity index (χ0) is 18.4. The van der Waals surface area contributed by atoms with Crippen molar-refractivity contribution in [3.05, 3.63) is 42.5 Å². The molecule has 1 atom stereocenters. The van der Waals surface area contributed by atoms with Crippen LogP contribution in [0.25, 0.3) is 0 Å². The molecule has 1 aliphatic heterocycles. The number of rotatable bonds is 8. The van der Waals surface area contributed by atoms with Crippen molar-refractivity contribution in [3.63, 3.8) is 0 Å². The van der Waals surface area contributed by atoms with Gasteiger partial charge in [0, 0.05) is 30.9 Å². The highest BCUT2D eigenvalue weighted by atomic mass is 16.5. The van der Waals surface area contributed by atoms with Crippen LogP contribution < -0.4 is 9.47 Å². The summed E-state index contributed by atoms with van der Waals surface area (Å²) < 4.78 is 12.9. The normalized spacial score (nSPS) is 15.4. The van der Waals surface area contributed by atoms with E-state index in [4.69, 9.17) is 9.47 Å². The molecule has 2 aromatic rings. The number of fused-ring (bicyclic) bond motifs is 1. The topological polar surface area (TPSA) is 56.6 Å². The Morgan fingerprint density at radius 3 is 3.00 bits per heavy atom. The van der Waals surface area contributed by atoms with Gasteiger partial charge in [-0.25, -0.2) is 9.78 Å². The van der Waals surface area contributed by atoms with Crippen molar-refractivity contribution in [1.29, 1.82) is 0 Å². The smallest absolute Gasteiger partial charge is 0.329 e. The molecule has 0 aliphatic carbocycles. The van der Waals surface area contributed by atoms with Gasteiger partial charge in [-0.2, -0.15) is 0 Å². The maximum atomic E-state index is 12.8. The number of methoxy groups -OCH3 is 1. The molecule has 140 valence electrons. The van der Waals surface area contributed by atoms with Crippen molar-refractivity contribution in [2.24, 2.45) is 0 Å². The van der Waals surface area contributed by atoms with Crippen molar-refractivity contribution in [3.8, 4) is 11.5 Å². The summed E-state index contributed by atoms with van der Waals surface area (Å²) >= 11 is 0. The molecule has 0 saturated carbocycles. The third-order valence-electron chi connectivity index (χ3n) is 4.71. The largest absolute Gasteiger partial charge is 0.497 e. The van der Waals surface area contributed by atoms with Crippen LogP contribution in [0.3, 0.4) is 0 Å². The van der Waals surface area contributed by atoms with Crippen molar-refractivity contribution in [2.75, 3.05) is 20.2 Å². The van der Waals surface area contributed by atoms with Crippen LogP contribution in [0.2, 0.25) is 0 Å². The number of hydrogen-bond acceptors (Lipinski definition) is 4. The van der Waals surface area contributed by atoms with Crippen molar-refractivity contribution >= 4 is 6.03 Å². The van der Waals surface area contributed by atoms with E-state index in [0.29, 0.717) is 6.54 Å². The Hall–Kier alpha value is -2.50. The molecule has 0 spiro atoms. The monoisotopic (exact) mass is 357 g/mol. The summed E-state index contributed by atoms with van der Waals surface area (Å²) in [5.41, 5.74) is 1.13. The third kappa shape index (κ3) is 4.36. The van der Waals surface area contributed by atoms with Gasteiger partial charge < -0.3 is 14.4 Å². The summed E-state index contributed by atoms with van der Waals surface area (Å²) in [6.07, 6.45) is 10.1. The highest BCUT2D eigenvalue weighted by molar-refractivity contribution is 5.76. The highest BCUT2D eigenvalue weighted by Gasteiger charge is 2.27. The minimum atomic E-state index is -0.0452. The number of unbranched alkanes of at least 4 members (excludes halogenated alkanes) is 3. The molecule has 3 rings (SSSR count). The molecule has 1 aromatic carbocycles. The van der Waals surface area contributed by atoms with Gasteiger partial charge in [0.2, 0.25) is 0 Å². The Bertz CT molecular complexity index is 715. The fourth-order valence-corrected chi connectivity index (χ4v) is 3.30. The summed E-state index contributed by atoms with van der Waals surface area (Å²) in [5.74, 6) is 1.72. The van der Waals surface area contributed by atoms with Crippen molar-refractivity contribution in [2.45, 2.75) is 45.1 Å². The predicted molar refractivity (Wildman–Crippen MR) is 99.9 cm³/mol. The summed E-state index contributed by atoms with van der Waals surface area (Å²) in [6.45, 7) is 3.49. The fraction of sp³-hybridized carbons (Fsp3) is 0.500. The van der Waals surface area contributed by atoms with Gasteiger partial charge in [0.25, 0.3) is 0 Å². The molecule has 2 heterocycles. The molecule has 1 aliphatic rings. The van der Waals surface area contributed by atoms with Gasteiger partial charge in [-0.05, 0) is 24.6 Å². The molecule has 0 bridgehead atoms. The van der Waals surface area contributed by atoms with Gasteiger partial charge in [0.15, 0.2) is 0 Å². The lowest BCUT2D eigenvalue weighted by Gasteiger charge is -2.25. The summed E-state index contributed by atoms with van der Waals surface area (Å²) in [6, 6.07) is 5.81. The third-order valence-corrected chi connectivity index (χ3v) is 4.71. The summed E-state index contributed by atoms with van der Waals surface area (Å²) in [5, 5.41) is 0. The number of carbonyl (C=O) groups excluding carboxylic acids is 1. The molecule has 26 heavy (non-hydrogen) atoms. The van der Waals surface area contributed by atoms with E-state index in [0.717, 1.165) is 42.9 Å². The van der Waals surface area contributed by atoms with E-state index in [2.05, 4.69) is 11.9 Å². The molecule has 6 heteroatoms. The van der Waals surface area contributed by atoms with Crippen LogP contribution in [0.5, 0.6) is 11.5 Å². The van der Waals surface area contributed by atoms with Crippen LogP contribution in [0.15, 0.2) is 36.9 Å². The van der Waals surface area contributed by atoms with E-state index in [1.165, 1.54) is 17.4 Å². The first-order valence-corrected chi connectivity index (χ1v) is 9.32. The lowest BCUT2D eigenvalue weighted by molar-refractivity contribution is 0.151. The van der Waals surface area contributed by atoms with E-state index < -0.39 is 0 Å². The van der Waals surface area contributed by atoms with Crippen LogP contribution in [0, 0.1) is 0 Å². The molecule has 6 nitrogen and oxygen atoms in total. The molecule has 0 fully saturated rings. The lowest BCUT2D eigenvalue weighted by atomic mass is 10.1. The fourth-order valence-electron chi connectivity index (χ4n) is 3.30. The van der Waals surface area contributed by atoms with Gasteiger partial charge in [-0.15, -0.1) is 0 Å². The first kappa shape index (κ1) is 18.3. The van der Waals surface area contributed by atoms with Gasteiger partial charge in [0.1, 0.15) is 23.9 Å². The van der Waals surface area contributed by atoms with Crippen molar-refractivity contribution in [1.82, 2.24) is 14.5 Å². The van der Waals surface area contributed by atoms with E-state index in [1.54, 1.807) is 25.8 Å². The van der Waals surface area contributed by atoms with E-state index in [1.807, 2.05) is 23.1 Å². The molecule has 1 aromatic heterocycles. The Labute approximate surface area is 154 Å². The minimum Gasteiger partial charge on any atom is -0.497 e. The van der Waals surface area contributed by atoms with Crippen LogP contribution in [0.4, 0.5) is 4.79 Å². The second-order valence-electron chi connectivity index (χ2n) is 6.68. The average molecular weight is 357 g/mol. The molecule has 0 saturated heterocycles. The molecular weight excluding hydrogens is 330 g/mol. The van der Waals surface area contributed by atoms with Gasteiger partial charge in [0.05, 0.1) is 13.7 Å². The van der Waals surface area contributed by atoms with E-state index >= 15 is 0 Å². The number of amides is 1. The number of imidazole rings is 1. The predicted octanol–water partition coefficient (Wildman–Crippen LogP) is 3.75. The Morgan fingerprint density at radius 2 is 2.27 bits per heavy atom. The molecule has 0 radical (unpaired) electrons. The second-order valence-corrected chi connectivity index (χ2v) is 6.68. The number of ether oxygens (including phenoxy) is 2. The molecule has 1 unspecified atom stereocenters. The average Bonchev–Trinajstić information content (AvgIpc) is 3.32. The second kappa shape index (κ2) is 8.74. The number of nitrogens with zero attached hydrogens (tertiary/aromatic N) is 3. The van der Waals surface area contributed by atoms with Gasteiger partial charge in [-0.3, -0.25) is 4.57 Å². The number of aromatic nitrogens is 2. The summed E-state index contributed by atoms with van der Waals surface area (Å²) in [4.78, 5) is 18.7. The quantitative estimate of drug-likeness (QED) is 0.675. The van der Waals surface area contributed by atoms with Crippen molar-refractivity contribution < 1.29 is 14.3 Å². The highest BCUT2D eigenvalue weighted by Crippen LogP contribution is 2.32. The van der Waals surface area contributed by atoms with Crippen LogP contribution in [-0.4, -0.2) is 46.8 Å². The maximum Gasteiger partial charge on any atom is 0.329 e. The Morgan fingerprint density at radius 1 is 1.38 bits per heavy atom. The minimum absolute atomic E-state index is 0.0317. The zero-order valence-corrected chi connectivity index (χ0v) is 15.6. The SMILES string of the molecule is CCCCCCN(CC1Cc2cc(OC)ccc2O1)C(=O)n1ccnc1. The number of hydrogen-bond donors (Lipinski definition) is 0. The van der Waals surface area contributed by atoms with Crippen LogP contribution in [0.1, 0.15) is 38.2 Å². The molecule has 0 N–H and O–H groups in total.